The molecule has 0 aromatic carbocycles. The lowest BCUT2D eigenvalue weighted by Crippen LogP contribution is -2.46. The van der Waals surface area contributed by atoms with Crippen molar-refractivity contribution in [3.05, 3.63) is 23.5 Å². The van der Waals surface area contributed by atoms with Gasteiger partial charge in [-0.2, -0.15) is 0 Å². The van der Waals surface area contributed by atoms with Crippen LogP contribution < -0.4 is 14.8 Å². The summed E-state index contributed by atoms with van der Waals surface area (Å²) in [6, 6.07) is 1.57. The van der Waals surface area contributed by atoms with E-state index in [1.165, 1.54) is 31.7 Å². The van der Waals surface area contributed by atoms with Gasteiger partial charge < -0.3 is 19.7 Å². The van der Waals surface area contributed by atoms with Crippen molar-refractivity contribution in [3.63, 3.8) is 0 Å². The van der Waals surface area contributed by atoms with Crippen molar-refractivity contribution in [3.8, 4) is 5.75 Å². The number of ether oxygens (including phenoxy) is 2. The third kappa shape index (κ3) is 8.94. The first-order valence-corrected chi connectivity index (χ1v) is 12.2. The van der Waals surface area contributed by atoms with Crippen LogP contribution in [0.4, 0.5) is 13.2 Å². The average molecular weight is 491 g/mol. The van der Waals surface area contributed by atoms with Crippen LogP contribution in [0.1, 0.15) is 70.1 Å². The van der Waals surface area contributed by atoms with Gasteiger partial charge in [0.25, 0.3) is 6.20 Å². The van der Waals surface area contributed by atoms with E-state index in [-0.39, 0.29) is 18.4 Å². The monoisotopic (exact) mass is 490 g/mol. The van der Waals surface area contributed by atoms with E-state index in [0.29, 0.717) is 35.0 Å². The molecule has 2 atom stereocenters. The Hall–Kier alpha value is -2.07. The summed E-state index contributed by atoms with van der Waals surface area (Å²) < 4.78 is 46.8. The van der Waals surface area contributed by atoms with Gasteiger partial charge in [-0.3, -0.25) is 10.0 Å². The van der Waals surface area contributed by atoms with E-state index in [1.54, 1.807) is 4.90 Å². The van der Waals surface area contributed by atoms with Crippen molar-refractivity contribution in [1.29, 1.82) is 0 Å². The normalized spacial score (nSPS) is 22.0. The molecule has 4 rings (SSSR count). The summed E-state index contributed by atoms with van der Waals surface area (Å²) in [5.41, 5.74) is 0.963. The molecular weight excluding hydrogens is 451 g/mol. The third-order valence-electron chi connectivity index (χ3n) is 6.01. The zero-order valence-corrected chi connectivity index (χ0v) is 20.5. The number of carbonyl (C=O) groups excluding carboxylic acids is 1. The number of rotatable bonds is 3. The van der Waals surface area contributed by atoms with Crippen LogP contribution in [0.5, 0.6) is 5.75 Å². The molecule has 10 heteroatoms. The molecule has 0 spiro atoms. The predicted molar refractivity (Wildman–Crippen MR) is 120 cm³/mol. The minimum absolute atomic E-state index is 0.0232. The number of hydrogen-bond acceptors (Lipinski definition) is 5. The van der Waals surface area contributed by atoms with Crippen molar-refractivity contribution in [1.82, 2.24) is 10.2 Å². The minimum atomic E-state index is -4.84. The number of nitrogens with zero attached hydrogens (tertiary/aromatic N) is 2. The molecule has 1 aromatic heterocycles. The standard InChI is InChI=1S/C16H21F3N3O3.C5H10O.C3H8/c1-20-12-3-2-10(6-12)15(23)21-5-4-14-11(8-21)7-13(9-22(14)24)25-16(17,18)19;1-2-4-6-5-3-1;1-3-2/h7,9-10,12,20,24H,2-6,8H2,1H3;1-5H2;3H2,1-2H3/q+1;;. The second-order valence-electron chi connectivity index (χ2n) is 8.93. The van der Waals surface area contributed by atoms with Crippen molar-refractivity contribution in [2.75, 3.05) is 26.8 Å². The smallest absolute Gasteiger partial charge is 0.399 e. The van der Waals surface area contributed by atoms with Gasteiger partial charge in [0.2, 0.25) is 11.6 Å². The molecular formula is C24H39F3N3O4+. The fourth-order valence-electron chi connectivity index (χ4n) is 4.37. The lowest BCUT2D eigenvalue weighted by molar-refractivity contribution is -0.910. The number of amides is 1. The van der Waals surface area contributed by atoms with Gasteiger partial charge in [-0.05, 0) is 51.6 Å². The highest BCUT2D eigenvalue weighted by atomic mass is 19.4. The summed E-state index contributed by atoms with van der Waals surface area (Å²) in [5.74, 6) is -0.538. The van der Waals surface area contributed by atoms with Gasteiger partial charge in [-0.1, -0.05) is 20.3 Å². The molecule has 2 unspecified atom stereocenters. The zero-order valence-electron chi connectivity index (χ0n) is 20.5. The quantitative estimate of drug-likeness (QED) is 0.495. The largest absolute Gasteiger partial charge is 0.573 e. The summed E-state index contributed by atoms with van der Waals surface area (Å²) in [4.78, 5) is 14.3. The number of aromatic nitrogens is 1. The molecule has 7 nitrogen and oxygen atoms in total. The Bertz CT molecular complexity index is 761. The first-order chi connectivity index (χ1) is 16.2. The molecule has 2 N–H and O–H groups in total. The first-order valence-electron chi connectivity index (χ1n) is 12.2. The number of hydrogen-bond donors (Lipinski definition) is 2. The molecule has 1 saturated heterocycles. The minimum Gasteiger partial charge on any atom is -0.399 e. The van der Waals surface area contributed by atoms with Gasteiger partial charge in [0.15, 0.2) is 5.75 Å². The van der Waals surface area contributed by atoms with Crippen LogP contribution in [0.2, 0.25) is 0 Å². The van der Waals surface area contributed by atoms with Crippen molar-refractivity contribution >= 4 is 5.91 Å². The topological polar surface area (TPSA) is 74.9 Å². The second-order valence-corrected chi connectivity index (χ2v) is 8.93. The van der Waals surface area contributed by atoms with E-state index >= 15 is 0 Å². The third-order valence-corrected chi connectivity index (χ3v) is 6.01. The van der Waals surface area contributed by atoms with Gasteiger partial charge in [0.05, 0.1) is 13.0 Å². The number of fused-ring (bicyclic) bond motifs is 1. The lowest BCUT2D eigenvalue weighted by Gasteiger charge is -2.29. The van der Waals surface area contributed by atoms with Gasteiger partial charge in [-0.25, -0.2) is 0 Å². The highest BCUT2D eigenvalue weighted by Gasteiger charge is 2.37. The maximum absolute atomic E-state index is 12.7. The molecule has 34 heavy (non-hydrogen) atoms. The second kappa shape index (κ2) is 13.7. The van der Waals surface area contributed by atoms with Crippen LogP contribution in [0.15, 0.2) is 12.3 Å². The molecule has 1 aromatic rings. The van der Waals surface area contributed by atoms with E-state index < -0.39 is 12.1 Å². The summed E-state index contributed by atoms with van der Waals surface area (Å²) >= 11 is 0. The number of alkyl halides is 3. The van der Waals surface area contributed by atoms with E-state index in [4.69, 9.17) is 4.74 Å². The Morgan fingerprint density at radius 3 is 2.44 bits per heavy atom. The Labute approximate surface area is 200 Å². The van der Waals surface area contributed by atoms with E-state index in [2.05, 4.69) is 23.9 Å². The summed E-state index contributed by atoms with van der Waals surface area (Å²) in [6.45, 7) is 6.86. The molecule has 2 fully saturated rings. The van der Waals surface area contributed by atoms with Gasteiger partial charge in [-0.15, -0.1) is 13.2 Å². The summed E-state index contributed by atoms with van der Waals surface area (Å²) in [6.07, 6.45) is 4.14. The van der Waals surface area contributed by atoms with Crippen LogP contribution in [0, 0.1) is 5.92 Å². The first kappa shape index (κ1) is 28.2. The molecule has 0 radical (unpaired) electrons. The Kier molecular flexibility index (Phi) is 11.4. The van der Waals surface area contributed by atoms with Crippen molar-refractivity contribution < 1.29 is 37.4 Å². The molecule has 1 amide bonds. The number of pyridine rings is 1. The van der Waals surface area contributed by atoms with E-state index in [1.807, 2.05) is 7.05 Å². The predicted octanol–water partition coefficient (Wildman–Crippen LogP) is 3.99. The van der Waals surface area contributed by atoms with Crippen molar-refractivity contribution in [2.24, 2.45) is 5.92 Å². The van der Waals surface area contributed by atoms with Crippen LogP contribution in [0.25, 0.3) is 0 Å². The number of nitrogens with one attached hydrogen (secondary N) is 1. The maximum atomic E-state index is 12.7. The Morgan fingerprint density at radius 1 is 1.26 bits per heavy atom. The van der Waals surface area contributed by atoms with Crippen LogP contribution in [-0.2, 0) is 22.5 Å². The molecule has 0 bridgehead atoms. The summed E-state index contributed by atoms with van der Waals surface area (Å²) in [7, 11) is 1.87. The Morgan fingerprint density at radius 2 is 1.94 bits per heavy atom. The van der Waals surface area contributed by atoms with Gasteiger partial charge >= 0.3 is 6.36 Å². The van der Waals surface area contributed by atoms with Crippen LogP contribution in [-0.4, -0.2) is 55.2 Å². The van der Waals surface area contributed by atoms with Crippen LogP contribution in [0.3, 0.4) is 0 Å². The lowest BCUT2D eigenvalue weighted by atomic mass is 10.0. The fraction of sp³-hybridized carbons (Fsp3) is 0.750. The molecule has 194 valence electrons. The Balaban J connectivity index is 0.000000383. The molecule has 3 heterocycles. The molecule has 2 aliphatic heterocycles. The maximum Gasteiger partial charge on any atom is 0.573 e. The fourth-order valence-corrected chi connectivity index (χ4v) is 4.37. The van der Waals surface area contributed by atoms with E-state index in [9.17, 15) is 23.2 Å². The SMILES string of the molecule is C1CCOCC1.CCC.CNC1CCC(C(=O)N2CCc3c(cc(OC(F)(F)F)c[n+]3O)C2)C1. The van der Waals surface area contributed by atoms with E-state index in [0.717, 1.165) is 38.7 Å². The molecule has 1 saturated carbocycles. The van der Waals surface area contributed by atoms with Gasteiger partial charge in [0.1, 0.15) is 0 Å². The van der Waals surface area contributed by atoms with Crippen molar-refractivity contribution in [2.45, 2.75) is 84.2 Å². The number of halogens is 3. The highest BCUT2D eigenvalue weighted by Crippen LogP contribution is 2.30. The zero-order chi connectivity index (χ0) is 25.1. The summed E-state index contributed by atoms with van der Waals surface area (Å²) in [5, 5.41) is 13.1. The average Bonchev–Trinajstić information content (AvgIpc) is 3.28. The van der Waals surface area contributed by atoms with Gasteiger partial charge in [0, 0.05) is 42.0 Å². The highest BCUT2D eigenvalue weighted by molar-refractivity contribution is 5.79. The molecule has 1 aliphatic carbocycles. The van der Waals surface area contributed by atoms with Crippen LogP contribution >= 0.6 is 0 Å². The number of carbonyl (C=O) groups is 1. The molecule has 3 aliphatic rings.